The van der Waals surface area contributed by atoms with Crippen molar-refractivity contribution >= 4 is 35.6 Å². The Morgan fingerprint density at radius 3 is 1.68 bits per heavy atom. The third-order valence-electron chi connectivity index (χ3n) is 5.09. The lowest BCUT2D eigenvalue weighted by Crippen LogP contribution is -2.58. The van der Waals surface area contributed by atoms with Gasteiger partial charge in [-0.2, -0.15) is 0 Å². The largest absolute Gasteiger partial charge is 0.508 e. The number of carbonyl (C=O) groups is 6. The molecule has 0 saturated carbocycles. The molecule has 4 unspecified atom stereocenters. The number of carboxylic acids is 3. The van der Waals surface area contributed by atoms with Gasteiger partial charge < -0.3 is 47.2 Å². The minimum Gasteiger partial charge on any atom is -0.508 e. The fourth-order valence-corrected chi connectivity index (χ4v) is 3.06. The van der Waals surface area contributed by atoms with E-state index < -0.39 is 92.1 Å². The molecule has 3 amide bonds. The molecule has 0 fully saturated rings. The predicted molar refractivity (Wildman–Crippen MR) is 124 cm³/mol. The first-order valence-electron chi connectivity index (χ1n) is 11.1. The second kappa shape index (κ2) is 15.0. The summed E-state index contributed by atoms with van der Waals surface area (Å²) < 4.78 is 0. The third kappa shape index (κ3) is 11.4. The second-order valence-corrected chi connectivity index (χ2v) is 8.05. The smallest absolute Gasteiger partial charge is 0.326 e. The molecule has 1 aromatic rings. The van der Waals surface area contributed by atoms with Crippen molar-refractivity contribution in [1.29, 1.82) is 0 Å². The normalized spacial score (nSPS) is 13.9. The minimum absolute atomic E-state index is 0.0110. The standard InChI is InChI=1S/C22H30N4O11/c23-13(9-11-1-3-12(28)4-2-11)19(33)26-16(10-27)21(35)24-14(5-7-17(29)30)20(34)25-15(22(36)37)6-8-18(31)32/h1-4,13-16,27-28H,5-10,23H2,(H,24,35)(H,25,34)(H,26,33)(H,29,30)(H,31,32)(H,36,37). The van der Waals surface area contributed by atoms with Crippen LogP contribution in [0.4, 0.5) is 0 Å². The summed E-state index contributed by atoms with van der Waals surface area (Å²) in [6.45, 7) is -0.910. The van der Waals surface area contributed by atoms with E-state index in [1.54, 1.807) is 0 Å². The van der Waals surface area contributed by atoms with E-state index in [0.717, 1.165) is 0 Å². The number of aliphatic hydroxyl groups is 1. The van der Waals surface area contributed by atoms with Crippen molar-refractivity contribution in [3.63, 3.8) is 0 Å². The van der Waals surface area contributed by atoms with Crippen LogP contribution in [0.2, 0.25) is 0 Å². The first kappa shape index (κ1) is 30.8. The number of phenolic OH excluding ortho intramolecular Hbond substituents is 1. The molecule has 0 heterocycles. The van der Waals surface area contributed by atoms with Crippen LogP contribution >= 0.6 is 0 Å². The van der Waals surface area contributed by atoms with Crippen LogP contribution in [-0.4, -0.2) is 91.9 Å². The summed E-state index contributed by atoms with van der Waals surface area (Å²) in [7, 11) is 0. The van der Waals surface area contributed by atoms with Gasteiger partial charge in [0.25, 0.3) is 0 Å². The number of hydrogen-bond donors (Lipinski definition) is 9. The van der Waals surface area contributed by atoms with Crippen LogP contribution < -0.4 is 21.7 Å². The topological polar surface area (TPSA) is 266 Å². The lowest BCUT2D eigenvalue weighted by molar-refractivity contribution is -0.144. The highest BCUT2D eigenvalue weighted by molar-refractivity contribution is 5.94. The predicted octanol–water partition coefficient (Wildman–Crippen LogP) is -2.48. The maximum absolute atomic E-state index is 12.6. The van der Waals surface area contributed by atoms with E-state index in [1.807, 2.05) is 0 Å². The van der Waals surface area contributed by atoms with E-state index in [-0.39, 0.29) is 12.2 Å². The number of carbonyl (C=O) groups excluding carboxylic acids is 3. The molecule has 37 heavy (non-hydrogen) atoms. The quantitative estimate of drug-likeness (QED) is 0.108. The average Bonchev–Trinajstić information content (AvgIpc) is 2.83. The highest BCUT2D eigenvalue weighted by Gasteiger charge is 2.30. The number of nitrogens with two attached hydrogens (primary N) is 1. The van der Waals surface area contributed by atoms with Crippen molar-refractivity contribution in [3.8, 4) is 5.75 Å². The summed E-state index contributed by atoms with van der Waals surface area (Å²) >= 11 is 0. The van der Waals surface area contributed by atoms with Crippen LogP contribution in [0.5, 0.6) is 5.75 Å². The maximum Gasteiger partial charge on any atom is 0.326 e. The number of hydrogen-bond acceptors (Lipinski definition) is 9. The summed E-state index contributed by atoms with van der Waals surface area (Å²) in [6.07, 6.45) is -2.08. The van der Waals surface area contributed by atoms with Crippen LogP contribution in [0.3, 0.4) is 0 Å². The van der Waals surface area contributed by atoms with Crippen molar-refractivity contribution < 1.29 is 54.3 Å². The number of phenols is 1. The zero-order valence-corrected chi connectivity index (χ0v) is 19.6. The van der Waals surface area contributed by atoms with Crippen molar-refractivity contribution in [2.75, 3.05) is 6.61 Å². The molecule has 0 spiro atoms. The number of aliphatic hydroxyl groups excluding tert-OH is 1. The lowest BCUT2D eigenvalue weighted by Gasteiger charge is -2.24. The van der Waals surface area contributed by atoms with Gasteiger partial charge in [0.15, 0.2) is 0 Å². The fraction of sp³-hybridized carbons (Fsp3) is 0.455. The molecule has 204 valence electrons. The molecule has 0 bridgehead atoms. The molecule has 0 aliphatic carbocycles. The van der Waals surface area contributed by atoms with E-state index in [1.165, 1.54) is 24.3 Å². The van der Waals surface area contributed by atoms with Crippen LogP contribution in [0.15, 0.2) is 24.3 Å². The van der Waals surface area contributed by atoms with E-state index in [2.05, 4.69) is 16.0 Å². The molecule has 4 atom stereocenters. The van der Waals surface area contributed by atoms with Gasteiger partial charge in [-0.1, -0.05) is 12.1 Å². The van der Waals surface area contributed by atoms with E-state index >= 15 is 0 Å². The average molecular weight is 526 g/mol. The number of benzene rings is 1. The molecule has 0 radical (unpaired) electrons. The van der Waals surface area contributed by atoms with Crippen LogP contribution in [0.25, 0.3) is 0 Å². The Bertz CT molecular complexity index is 983. The second-order valence-electron chi connectivity index (χ2n) is 8.05. The summed E-state index contributed by atoms with van der Waals surface area (Å²) in [5, 5.41) is 52.2. The zero-order valence-electron chi connectivity index (χ0n) is 19.6. The monoisotopic (exact) mass is 526 g/mol. The zero-order chi connectivity index (χ0) is 28.1. The molecule has 10 N–H and O–H groups in total. The Hall–Kier alpha value is -4.24. The molecular weight excluding hydrogens is 496 g/mol. The van der Waals surface area contributed by atoms with Gasteiger partial charge in [0.2, 0.25) is 17.7 Å². The molecule has 1 rings (SSSR count). The Kier molecular flexibility index (Phi) is 12.5. The highest BCUT2D eigenvalue weighted by atomic mass is 16.4. The number of aromatic hydroxyl groups is 1. The summed E-state index contributed by atoms with van der Waals surface area (Å²) in [6, 6.07) is -0.0861. The van der Waals surface area contributed by atoms with Crippen molar-refractivity contribution in [1.82, 2.24) is 16.0 Å². The van der Waals surface area contributed by atoms with E-state index in [9.17, 15) is 44.1 Å². The van der Waals surface area contributed by atoms with Gasteiger partial charge in [0.1, 0.15) is 23.9 Å². The van der Waals surface area contributed by atoms with Gasteiger partial charge in [-0.15, -0.1) is 0 Å². The fourth-order valence-electron chi connectivity index (χ4n) is 3.06. The third-order valence-corrected chi connectivity index (χ3v) is 5.09. The van der Waals surface area contributed by atoms with Gasteiger partial charge in [0.05, 0.1) is 12.6 Å². The maximum atomic E-state index is 12.6. The van der Waals surface area contributed by atoms with E-state index in [4.69, 9.17) is 15.9 Å². The molecule has 15 nitrogen and oxygen atoms in total. The Balaban J connectivity index is 2.87. The molecule has 15 heteroatoms. The van der Waals surface area contributed by atoms with Crippen molar-refractivity contribution in [2.45, 2.75) is 56.3 Å². The number of carboxylic acid groups (broad SMARTS) is 3. The molecule has 0 aliphatic heterocycles. The van der Waals surface area contributed by atoms with Crippen LogP contribution in [0, 0.1) is 0 Å². The number of amides is 3. The van der Waals surface area contributed by atoms with Gasteiger partial charge in [0, 0.05) is 12.8 Å². The number of rotatable bonds is 16. The van der Waals surface area contributed by atoms with Gasteiger partial charge in [-0.3, -0.25) is 24.0 Å². The SMILES string of the molecule is NC(Cc1ccc(O)cc1)C(=O)NC(CO)C(=O)NC(CCC(=O)O)C(=O)NC(CCC(=O)O)C(=O)O. The van der Waals surface area contributed by atoms with E-state index in [0.29, 0.717) is 5.56 Å². The van der Waals surface area contributed by atoms with Crippen LogP contribution in [0.1, 0.15) is 31.2 Å². The molecule has 0 saturated heterocycles. The van der Waals surface area contributed by atoms with Crippen LogP contribution in [-0.2, 0) is 35.2 Å². The minimum atomic E-state index is -1.63. The highest BCUT2D eigenvalue weighted by Crippen LogP contribution is 2.11. The number of nitrogens with one attached hydrogen (secondary N) is 3. The molecule has 0 aliphatic rings. The Morgan fingerprint density at radius 2 is 1.19 bits per heavy atom. The first-order chi connectivity index (χ1) is 17.3. The summed E-state index contributed by atoms with van der Waals surface area (Å²) in [4.78, 5) is 70.7. The Labute approximate surface area is 210 Å². The van der Waals surface area contributed by atoms with Gasteiger partial charge in [-0.05, 0) is 37.0 Å². The van der Waals surface area contributed by atoms with Gasteiger partial charge in [-0.25, -0.2) is 4.79 Å². The summed E-state index contributed by atoms with van der Waals surface area (Å²) in [5.41, 5.74) is 6.44. The Morgan fingerprint density at radius 1 is 0.730 bits per heavy atom. The van der Waals surface area contributed by atoms with Crippen molar-refractivity contribution in [2.24, 2.45) is 5.73 Å². The number of aliphatic carboxylic acids is 3. The molecule has 1 aromatic carbocycles. The first-order valence-corrected chi connectivity index (χ1v) is 11.1. The molecule has 0 aromatic heterocycles. The summed E-state index contributed by atoms with van der Waals surface area (Å²) in [5.74, 6) is -7.15. The van der Waals surface area contributed by atoms with Crippen molar-refractivity contribution in [3.05, 3.63) is 29.8 Å². The lowest BCUT2D eigenvalue weighted by atomic mass is 10.1. The molecular formula is C22H30N4O11. The van der Waals surface area contributed by atoms with Gasteiger partial charge >= 0.3 is 17.9 Å².